The first-order valence-electron chi connectivity index (χ1n) is 5.66. The minimum Gasteiger partial charge on any atom is -0.449 e. The Balaban J connectivity index is 2.67. The molecule has 1 aromatic rings. The third kappa shape index (κ3) is 5.14. The van der Waals surface area contributed by atoms with Crippen molar-refractivity contribution in [1.29, 1.82) is 0 Å². The van der Waals surface area contributed by atoms with Crippen molar-refractivity contribution in [2.45, 2.75) is 19.9 Å². The summed E-state index contributed by atoms with van der Waals surface area (Å²) in [5, 5.41) is 0. The van der Waals surface area contributed by atoms with Gasteiger partial charge in [-0.3, -0.25) is 0 Å². The molecule has 0 radical (unpaired) electrons. The average Bonchev–Trinajstić information content (AvgIpc) is 2.28. The van der Waals surface area contributed by atoms with Crippen molar-refractivity contribution >= 4 is 22.0 Å². The van der Waals surface area contributed by atoms with Crippen molar-refractivity contribution in [3.05, 3.63) is 29.8 Å². The molecule has 7 nitrogen and oxygen atoms in total. The minimum absolute atomic E-state index is 0.0921. The molecule has 1 aromatic carbocycles. The van der Waals surface area contributed by atoms with Crippen LogP contribution in [-0.4, -0.2) is 21.1 Å². The van der Waals surface area contributed by atoms with E-state index in [1.165, 1.54) is 0 Å². The smallest absolute Gasteiger partial charge is 0.421 e. The van der Waals surface area contributed by atoms with Crippen molar-refractivity contribution in [3.63, 3.8) is 0 Å². The van der Waals surface area contributed by atoms with Crippen molar-refractivity contribution in [2.75, 3.05) is 12.3 Å². The summed E-state index contributed by atoms with van der Waals surface area (Å²) in [5.74, 6) is 0. The molecule has 0 heterocycles. The minimum atomic E-state index is -3.97. The van der Waals surface area contributed by atoms with Crippen LogP contribution in [0.3, 0.4) is 0 Å². The van der Waals surface area contributed by atoms with Gasteiger partial charge in [0.2, 0.25) is 0 Å². The topological polar surface area (TPSA) is 111 Å². The van der Waals surface area contributed by atoms with Gasteiger partial charge in [-0.15, -0.1) is 0 Å². The van der Waals surface area contributed by atoms with Crippen LogP contribution in [0.2, 0.25) is 0 Å². The van der Waals surface area contributed by atoms with E-state index in [1.54, 1.807) is 42.8 Å². The van der Waals surface area contributed by atoms with Gasteiger partial charge in [-0.1, -0.05) is 12.1 Å². The number of nitrogen functional groups attached to an aromatic ring is 1. The second kappa shape index (κ2) is 6.39. The molecule has 0 aliphatic rings. The molecule has 0 spiro atoms. The third-order valence-electron chi connectivity index (χ3n) is 2.26. The fourth-order valence-electron chi connectivity index (χ4n) is 1.39. The second-order valence-electron chi connectivity index (χ2n) is 3.83. The lowest BCUT2D eigenvalue weighted by Gasteiger charge is -2.15. The summed E-state index contributed by atoms with van der Waals surface area (Å²) in [6.45, 7) is 3.32. The Bertz CT molecular complexity index is 527. The number of benzene rings is 1. The Morgan fingerprint density at radius 3 is 2.47 bits per heavy atom. The zero-order valence-electron chi connectivity index (χ0n) is 10.7. The van der Waals surface area contributed by atoms with Crippen molar-refractivity contribution in [1.82, 2.24) is 9.44 Å². The Morgan fingerprint density at radius 2 is 1.95 bits per heavy atom. The molecule has 8 heteroatoms. The Hall–Kier alpha value is -1.80. The van der Waals surface area contributed by atoms with Crippen molar-refractivity contribution in [2.24, 2.45) is 0 Å². The first-order chi connectivity index (χ1) is 8.84. The summed E-state index contributed by atoms with van der Waals surface area (Å²) < 4.78 is 31.8. The van der Waals surface area contributed by atoms with Crippen LogP contribution >= 0.6 is 0 Å². The number of anilines is 1. The number of carbonyl (C=O) groups excluding carboxylic acids is 1. The molecular weight excluding hydrogens is 270 g/mol. The molecule has 1 unspecified atom stereocenters. The Labute approximate surface area is 112 Å². The standard InChI is InChI=1S/C11H17N3O4S/c1-3-18-11(15)14-19(16,17)13-8(2)9-4-6-10(12)7-5-9/h4-8,13H,3,12H2,1-2H3,(H,14,15). The van der Waals surface area contributed by atoms with E-state index in [4.69, 9.17) is 5.73 Å². The summed E-state index contributed by atoms with van der Waals surface area (Å²) in [4.78, 5) is 11.1. The summed E-state index contributed by atoms with van der Waals surface area (Å²) in [5.41, 5.74) is 6.85. The van der Waals surface area contributed by atoms with E-state index in [0.717, 1.165) is 5.56 Å². The lowest BCUT2D eigenvalue weighted by molar-refractivity contribution is 0.158. The van der Waals surface area contributed by atoms with Gasteiger partial charge in [-0.2, -0.15) is 13.1 Å². The quantitative estimate of drug-likeness (QED) is 0.697. The van der Waals surface area contributed by atoms with E-state index < -0.39 is 22.3 Å². The van der Waals surface area contributed by atoms with Gasteiger partial charge in [0.15, 0.2) is 0 Å². The molecule has 106 valence electrons. The normalized spacial score (nSPS) is 12.7. The Morgan fingerprint density at radius 1 is 1.37 bits per heavy atom. The zero-order valence-corrected chi connectivity index (χ0v) is 11.5. The molecule has 19 heavy (non-hydrogen) atoms. The van der Waals surface area contributed by atoms with Gasteiger partial charge in [0, 0.05) is 11.7 Å². The molecule has 1 amide bonds. The van der Waals surface area contributed by atoms with Crippen molar-refractivity contribution in [3.8, 4) is 0 Å². The van der Waals surface area contributed by atoms with Crippen LogP contribution in [0.15, 0.2) is 24.3 Å². The van der Waals surface area contributed by atoms with E-state index in [0.29, 0.717) is 5.69 Å². The highest BCUT2D eigenvalue weighted by atomic mass is 32.2. The molecule has 0 aromatic heterocycles. The van der Waals surface area contributed by atoms with Crippen molar-refractivity contribution < 1.29 is 17.9 Å². The molecular formula is C11H17N3O4S. The maximum atomic E-state index is 11.6. The SMILES string of the molecule is CCOC(=O)NS(=O)(=O)NC(C)c1ccc(N)cc1. The molecule has 1 rings (SSSR count). The summed E-state index contributed by atoms with van der Waals surface area (Å²) in [6.07, 6.45) is -1.01. The molecule has 1 atom stereocenters. The maximum absolute atomic E-state index is 11.6. The van der Waals surface area contributed by atoms with E-state index >= 15 is 0 Å². The predicted octanol–water partition coefficient (Wildman–Crippen LogP) is 0.910. The number of carbonyl (C=O) groups is 1. The number of rotatable bonds is 5. The molecule has 0 aliphatic carbocycles. The van der Waals surface area contributed by atoms with Crippen LogP contribution in [0.5, 0.6) is 0 Å². The van der Waals surface area contributed by atoms with Crippen LogP contribution in [0.1, 0.15) is 25.5 Å². The van der Waals surface area contributed by atoms with Crippen LogP contribution in [0, 0.1) is 0 Å². The lowest BCUT2D eigenvalue weighted by Crippen LogP contribution is -2.41. The first-order valence-corrected chi connectivity index (χ1v) is 7.14. The second-order valence-corrected chi connectivity index (χ2v) is 5.28. The highest BCUT2D eigenvalue weighted by Crippen LogP contribution is 2.14. The lowest BCUT2D eigenvalue weighted by atomic mass is 10.1. The number of nitrogens with one attached hydrogen (secondary N) is 2. The zero-order chi connectivity index (χ0) is 14.5. The maximum Gasteiger partial charge on any atom is 0.421 e. The van der Waals surface area contributed by atoms with E-state index in [1.807, 2.05) is 0 Å². The van der Waals surface area contributed by atoms with Gasteiger partial charge in [-0.25, -0.2) is 9.52 Å². The number of hydrogen-bond acceptors (Lipinski definition) is 5. The van der Waals surface area contributed by atoms with Gasteiger partial charge in [-0.05, 0) is 31.5 Å². The largest absolute Gasteiger partial charge is 0.449 e. The molecule has 0 fully saturated rings. The summed E-state index contributed by atoms with van der Waals surface area (Å²) >= 11 is 0. The summed E-state index contributed by atoms with van der Waals surface area (Å²) in [7, 11) is -3.97. The fourth-order valence-corrected chi connectivity index (χ4v) is 2.32. The number of hydrogen-bond donors (Lipinski definition) is 3. The Kier molecular flexibility index (Phi) is 5.13. The number of ether oxygens (including phenoxy) is 1. The number of nitrogens with two attached hydrogens (primary N) is 1. The van der Waals surface area contributed by atoms with Crippen LogP contribution in [-0.2, 0) is 14.9 Å². The fraction of sp³-hybridized carbons (Fsp3) is 0.364. The van der Waals surface area contributed by atoms with E-state index in [-0.39, 0.29) is 6.61 Å². The summed E-state index contributed by atoms with van der Waals surface area (Å²) in [6, 6.07) is 6.23. The van der Waals surface area contributed by atoms with E-state index in [2.05, 4.69) is 9.46 Å². The molecule has 0 saturated carbocycles. The molecule has 0 saturated heterocycles. The van der Waals surface area contributed by atoms with Crippen LogP contribution in [0.4, 0.5) is 10.5 Å². The highest BCUT2D eigenvalue weighted by molar-refractivity contribution is 7.88. The molecule has 0 bridgehead atoms. The van der Waals surface area contributed by atoms with Gasteiger partial charge >= 0.3 is 16.3 Å². The highest BCUT2D eigenvalue weighted by Gasteiger charge is 2.18. The van der Waals surface area contributed by atoms with Crippen LogP contribution < -0.4 is 15.2 Å². The van der Waals surface area contributed by atoms with Crippen LogP contribution in [0.25, 0.3) is 0 Å². The van der Waals surface area contributed by atoms with E-state index in [9.17, 15) is 13.2 Å². The number of amides is 1. The van der Waals surface area contributed by atoms with Gasteiger partial charge in [0.1, 0.15) is 0 Å². The first kappa shape index (κ1) is 15.3. The van der Waals surface area contributed by atoms with Gasteiger partial charge in [0.25, 0.3) is 0 Å². The van der Waals surface area contributed by atoms with Gasteiger partial charge < -0.3 is 10.5 Å². The molecule has 4 N–H and O–H groups in total. The third-order valence-corrected chi connectivity index (χ3v) is 3.36. The average molecular weight is 287 g/mol. The monoisotopic (exact) mass is 287 g/mol. The molecule has 0 aliphatic heterocycles. The predicted molar refractivity (Wildman–Crippen MR) is 71.5 cm³/mol. The van der Waals surface area contributed by atoms with Gasteiger partial charge in [0.05, 0.1) is 6.61 Å².